The Balaban J connectivity index is 1.71. The molecule has 1 spiro atoms. The first-order valence-corrected chi connectivity index (χ1v) is 8.70. The second-order valence-corrected chi connectivity index (χ2v) is 7.12. The van der Waals surface area contributed by atoms with E-state index in [4.69, 9.17) is 9.47 Å². The van der Waals surface area contributed by atoms with Crippen molar-refractivity contribution in [3.8, 4) is 0 Å². The fourth-order valence-corrected chi connectivity index (χ4v) is 4.26. The van der Waals surface area contributed by atoms with Crippen molar-refractivity contribution in [2.45, 2.75) is 41.9 Å². The van der Waals surface area contributed by atoms with Crippen molar-refractivity contribution in [2.75, 3.05) is 6.54 Å². The van der Waals surface area contributed by atoms with Crippen LogP contribution in [0.5, 0.6) is 0 Å². The molecule has 0 aliphatic carbocycles. The predicted octanol–water partition coefficient (Wildman–Crippen LogP) is 3.26. The molecule has 2 heterocycles. The van der Waals surface area contributed by atoms with E-state index in [0.29, 0.717) is 19.4 Å². The van der Waals surface area contributed by atoms with Crippen LogP contribution in [0.2, 0.25) is 0 Å². The van der Waals surface area contributed by atoms with E-state index in [2.05, 4.69) is 22.6 Å². The molecule has 1 aromatic carbocycles. The van der Waals surface area contributed by atoms with Crippen molar-refractivity contribution >= 4 is 34.7 Å². The number of ether oxygens (including phenoxy) is 2. The van der Waals surface area contributed by atoms with E-state index in [-0.39, 0.29) is 16.5 Å². The van der Waals surface area contributed by atoms with Gasteiger partial charge >= 0.3 is 12.1 Å². The number of carbonyl (C=O) groups excluding carboxylic acids is 2. The Hall–Kier alpha value is -1.31. The lowest BCUT2D eigenvalue weighted by atomic mass is 9.96. The quantitative estimate of drug-likeness (QED) is 0.423. The molecule has 0 bridgehead atoms. The van der Waals surface area contributed by atoms with E-state index in [0.717, 1.165) is 18.4 Å². The van der Waals surface area contributed by atoms with Gasteiger partial charge in [-0.1, -0.05) is 52.9 Å². The molecule has 6 heteroatoms. The smallest absolute Gasteiger partial charge is 0.413 e. The maximum atomic E-state index is 12.5. The maximum absolute atomic E-state index is 12.5. The number of piperidine rings is 1. The van der Waals surface area contributed by atoms with Crippen molar-refractivity contribution in [1.29, 1.82) is 0 Å². The Labute approximate surface area is 143 Å². The molecule has 3 rings (SSSR count). The molecule has 0 unspecified atom stereocenters. The maximum Gasteiger partial charge on any atom is 0.413 e. The number of hydrogen-bond acceptors (Lipinski definition) is 4. The number of benzene rings is 1. The summed E-state index contributed by atoms with van der Waals surface area (Å²) in [5.41, 5.74) is 0.125. The predicted molar refractivity (Wildman–Crippen MR) is 88.4 cm³/mol. The summed E-state index contributed by atoms with van der Waals surface area (Å²) in [4.78, 5) is 25.7. The highest BCUT2D eigenvalue weighted by Gasteiger charge is 2.54. The van der Waals surface area contributed by atoms with Gasteiger partial charge in [0.05, 0.1) is 10.3 Å². The standard InChI is InChI=1S/C16H18INO4/c17-13-7-4-10-18(16(13)9-8-14(19)22-16)15(20)21-11-12-5-2-1-3-6-12/h1-3,5-6,13H,4,7-11H2/t13-,16+/m0/s1. The lowest BCUT2D eigenvalue weighted by Crippen LogP contribution is -2.60. The van der Waals surface area contributed by atoms with Gasteiger partial charge in [-0.05, 0) is 18.4 Å². The van der Waals surface area contributed by atoms with Crippen LogP contribution in [-0.2, 0) is 20.9 Å². The van der Waals surface area contributed by atoms with Gasteiger partial charge in [-0.3, -0.25) is 9.69 Å². The number of carbonyl (C=O) groups is 2. The molecule has 0 radical (unpaired) electrons. The van der Waals surface area contributed by atoms with Crippen LogP contribution >= 0.6 is 22.6 Å². The Kier molecular flexibility index (Phi) is 4.56. The molecule has 0 N–H and O–H groups in total. The Morgan fingerprint density at radius 1 is 1.41 bits per heavy atom. The minimum atomic E-state index is -0.816. The van der Waals surface area contributed by atoms with Gasteiger partial charge in [0, 0.05) is 13.0 Å². The van der Waals surface area contributed by atoms with Crippen molar-refractivity contribution in [1.82, 2.24) is 4.90 Å². The summed E-state index contributed by atoms with van der Waals surface area (Å²) in [5, 5.41) is 0. The minimum absolute atomic E-state index is 0.106. The van der Waals surface area contributed by atoms with Crippen molar-refractivity contribution in [3.05, 3.63) is 35.9 Å². The largest absolute Gasteiger partial charge is 0.444 e. The Bertz CT molecular complexity index is 565. The summed E-state index contributed by atoms with van der Waals surface area (Å²) in [6.07, 6.45) is 2.35. The molecular formula is C16H18INO4. The molecule has 22 heavy (non-hydrogen) atoms. The number of halogens is 1. The number of alkyl halides is 1. The SMILES string of the molecule is O=C1CC[C@@]2(O1)[C@@H](I)CCCN2C(=O)OCc1ccccc1. The molecule has 1 aromatic rings. The van der Waals surface area contributed by atoms with Gasteiger partial charge in [0.25, 0.3) is 0 Å². The second kappa shape index (κ2) is 6.44. The van der Waals surface area contributed by atoms with Gasteiger partial charge in [0.1, 0.15) is 6.61 Å². The molecule has 2 aliphatic rings. The molecule has 0 saturated carbocycles. The van der Waals surface area contributed by atoms with Crippen LogP contribution in [-0.4, -0.2) is 33.2 Å². The first-order chi connectivity index (χ1) is 10.6. The average molecular weight is 415 g/mol. The normalized spacial score (nSPS) is 27.8. The van der Waals surface area contributed by atoms with Gasteiger partial charge in [0.15, 0.2) is 0 Å². The first kappa shape index (κ1) is 15.6. The third kappa shape index (κ3) is 2.93. The van der Waals surface area contributed by atoms with Crippen LogP contribution in [0, 0.1) is 0 Å². The fraction of sp³-hybridized carbons (Fsp3) is 0.500. The van der Waals surface area contributed by atoms with E-state index in [1.807, 2.05) is 30.3 Å². The van der Waals surface area contributed by atoms with Crippen LogP contribution in [0.1, 0.15) is 31.2 Å². The molecule has 0 aromatic heterocycles. The second-order valence-electron chi connectivity index (χ2n) is 5.62. The molecule has 2 atom stereocenters. The van der Waals surface area contributed by atoms with E-state index in [9.17, 15) is 9.59 Å². The number of likely N-dealkylation sites (tertiary alicyclic amines) is 1. The van der Waals surface area contributed by atoms with E-state index in [1.54, 1.807) is 4.90 Å². The summed E-state index contributed by atoms with van der Waals surface area (Å²) >= 11 is 2.28. The van der Waals surface area contributed by atoms with Crippen molar-refractivity contribution < 1.29 is 19.1 Å². The summed E-state index contributed by atoms with van der Waals surface area (Å²) in [5.74, 6) is -0.232. The lowest BCUT2D eigenvalue weighted by molar-refractivity contribution is -0.167. The first-order valence-electron chi connectivity index (χ1n) is 7.46. The third-order valence-electron chi connectivity index (χ3n) is 4.19. The highest BCUT2D eigenvalue weighted by Crippen LogP contribution is 2.42. The van der Waals surface area contributed by atoms with Gasteiger partial charge in [0.2, 0.25) is 5.72 Å². The highest BCUT2D eigenvalue weighted by molar-refractivity contribution is 14.1. The Morgan fingerprint density at radius 2 is 2.18 bits per heavy atom. The molecule has 118 valence electrons. The molecule has 2 aliphatic heterocycles. The molecular weight excluding hydrogens is 397 g/mol. The van der Waals surface area contributed by atoms with Crippen molar-refractivity contribution in [3.63, 3.8) is 0 Å². The third-order valence-corrected chi connectivity index (χ3v) is 5.79. The highest BCUT2D eigenvalue weighted by atomic mass is 127. The van der Waals surface area contributed by atoms with Gasteiger partial charge < -0.3 is 9.47 Å². The van der Waals surface area contributed by atoms with Crippen LogP contribution in [0.25, 0.3) is 0 Å². The lowest BCUT2D eigenvalue weighted by Gasteiger charge is -2.45. The van der Waals surface area contributed by atoms with Crippen LogP contribution < -0.4 is 0 Å². The molecule has 5 nitrogen and oxygen atoms in total. The number of nitrogens with zero attached hydrogens (tertiary/aromatic N) is 1. The van der Waals surface area contributed by atoms with Gasteiger partial charge in [-0.25, -0.2) is 4.79 Å². The van der Waals surface area contributed by atoms with E-state index in [1.165, 1.54) is 0 Å². The van der Waals surface area contributed by atoms with Crippen molar-refractivity contribution in [2.24, 2.45) is 0 Å². The van der Waals surface area contributed by atoms with E-state index < -0.39 is 11.8 Å². The van der Waals surface area contributed by atoms with Crippen LogP contribution in [0.3, 0.4) is 0 Å². The number of rotatable bonds is 2. The minimum Gasteiger partial charge on any atom is -0.444 e. The van der Waals surface area contributed by atoms with Crippen LogP contribution in [0.4, 0.5) is 4.79 Å². The number of hydrogen-bond donors (Lipinski definition) is 0. The molecule has 2 saturated heterocycles. The topological polar surface area (TPSA) is 55.8 Å². The Morgan fingerprint density at radius 3 is 2.86 bits per heavy atom. The number of amides is 1. The average Bonchev–Trinajstić information content (AvgIpc) is 2.91. The summed E-state index contributed by atoms with van der Waals surface area (Å²) < 4.78 is 11.1. The molecule has 1 amide bonds. The zero-order valence-corrected chi connectivity index (χ0v) is 14.3. The monoisotopic (exact) mass is 415 g/mol. The molecule has 2 fully saturated rings. The van der Waals surface area contributed by atoms with Crippen LogP contribution in [0.15, 0.2) is 30.3 Å². The fourth-order valence-electron chi connectivity index (χ4n) is 3.05. The van der Waals surface area contributed by atoms with E-state index >= 15 is 0 Å². The van der Waals surface area contributed by atoms with Gasteiger partial charge in [-0.2, -0.15) is 0 Å². The number of esters is 1. The summed E-state index contributed by atoms with van der Waals surface area (Å²) in [6.45, 7) is 0.798. The summed E-state index contributed by atoms with van der Waals surface area (Å²) in [6, 6.07) is 9.56. The zero-order chi connectivity index (χ0) is 15.6. The summed E-state index contributed by atoms with van der Waals surface area (Å²) in [7, 11) is 0. The zero-order valence-electron chi connectivity index (χ0n) is 12.2. The van der Waals surface area contributed by atoms with Gasteiger partial charge in [-0.15, -0.1) is 0 Å².